The minimum Gasteiger partial charge on any atom is -0.394 e. The molecule has 0 saturated carbocycles. The van der Waals surface area contributed by atoms with Gasteiger partial charge in [0.2, 0.25) is 5.91 Å². The molecule has 0 aromatic heterocycles. The quantitative estimate of drug-likeness (QED) is 0.0336. The van der Waals surface area contributed by atoms with Crippen LogP contribution in [0.1, 0.15) is 123 Å². The van der Waals surface area contributed by atoms with Gasteiger partial charge >= 0.3 is 0 Å². The number of carbonyl (C=O) groups is 1. The minimum atomic E-state index is -1.58. The number of aliphatic hydroxyl groups is 5. The fourth-order valence-electron chi connectivity index (χ4n) is 5.54. The smallest absolute Gasteiger partial charge is 0.220 e. The zero-order chi connectivity index (χ0) is 38.1. The molecule has 1 aliphatic rings. The van der Waals surface area contributed by atoms with Crippen molar-refractivity contribution in [2.75, 3.05) is 13.2 Å². The van der Waals surface area contributed by atoms with Crippen LogP contribution in [0.2, 0.25) is 0 Å². The summed E-state index contributed by atoms with van der Waals surface area (Å²) in [6, 6.07) is -0.838. The van der Waals surface area contributed by atoms with Gasteiger partial charge in [-0.2, -0.15) is 0 Å². The highest BCUT2D eigenvalue weighted by Crippen LogP contribution is 2.22. The lowest BCUT2D eigenvalue weighted by molar-refractivity contribution is -0.302. The maximum Gasteiger partial charge on any atom is 0.220 e. The first-order chi connectivity index (χ1) is 25.3. The zero-order valence-electron chi connectivity index (χ0n) is 32.0. The molecule has 1 aliphatic heterocycles. The van der Waals surface area contributed by atoms with Crippen LogP contribution in [-0.4, -0.2) is 87.5 Å². The molecule has 6 N–H and O–H groups in total. The molecule has 1 amide bonds. The first-order valence-electron chi connectivity index (χ1n) is 19.8. The Morgan fingerprint density at radius 1 is 0.654 bits per heavy atom. The number of nitrogens with one attached hydrogen (secondary N) is 1. The van der Waals surface area contributed by atoms with E-state index in [9.17, 15) is 30.3 Å². The van der Waals surface area contributed by atoms with Crippen molar-refractivity contribution in [3.05, 3.63) is 85.1 Å². The van der Waals surface area contributed by atoms with Crippen LogP contribution in [0.15, 0.2) is 85.1 Å². The summed E-state index contributed by atoms with van der Waals surface area (Å²) in [5.41, 5.74) is 0. The van der Waals surface area contributed by atoms with Crippen LogP contribution in [-0.2, 0) is 14.3 Å². The van der Waals surface area contributed by atoms with Gasteiger partial charge in [0.25, 0.3) is 0 Å². The molecule has 0 aromatic carbocycles. The Balaban J connectivity index is 2.42. The van der Waals surface area contributed by atoms with E-state index in [1.165, 1.54) is 0 Å². The van der Waals surface area contributed by atoms with Gasteiger partial charge in [-0.25, -0.2) is 0 Å². The molecule has 9 heteroatoms. The van der Waals surface area contributed by atoms with Crippen molar-refractivity contribution in [3.8, 4) is 0 Å². The Morgan fingerprint density at radius 3 is 1.77 bits per heavy atom. The Kier molecular flexibility index (Phi) is 30.1. The van der Waals surface area contributed by atoms with Gasteiger partial charge in [0.1, 0.15) is 24.4 Å². The molecule has 9 nitrogen and oxygen atoms in total. The molecule has 52 heavy (non-hydrogen) atoms. The van der Waals surface area contributed by atoms with Crippen molar-refractivity contribution in [2.45, 2.75) is 166 Å². The van der Waals surface area contributed by atoms with Gasteiger partial charge in [0.05, 0.1) is 25.4 Å². The standard InChI is InChI=1S/C43H71NO8/c1-3-5-7-9-11-13-15-16-17-18-19-20-21-22-23-25-27-29-31-33-39(47)44-36(35-51-43-42(50)41(49)40(48)38(34-45)52-43)37(46)32-30-28-26-24-14-12-10-8-6-4-2/h5-8,11,13-14,16-17,19-20,24,30,32,36-38,40-43,45-46,48-50H,3-4,9-10,12,15,18,21-23,25-29,31,33-35H2,1-2H3,(H,44,47)/b7-5-,8-6+,13-11-,17-16-,20-19-,24-14+,32-30+. The first-order valence-corrected chi connectivity index (χ1v) is 19.8. The number of hydrogen-bond donors (Lipinski definition) is 6. The molecular formula is C43H71NO8. The van der Waals surface area contributed by atoms with Gasteiger partial charge in [0, 0.05) is 6.42 Å². The summed E-state index contributed by atoms with van der Waals surface area (Å²) >= 11 is 0. The van der Waals surface area contributed by atoms with Gasteiger partial charge in [-0.3, -0.25) is 4.79 Å². The largest absolute Gasteiger partial charge is 0.394 e. The number of allylic oxidation sites excluding steroid dienone is 13. The molecule has 0 aromatic rings. The summed E-state index contributed by atoms with van der Waals surface area (Å²) in [4.78, 5) is 12.9. The maximum atomic E-state index is 12.9. The van der Waals surface area contributed by atoms with Crippen LogP contribution in [0.3, 0.4) is 0 Å². The van der Waals surface area contributed by atoms with Gasteiger partial charge in [-0.1, -0.05) is 125 Å². The lowest BCUT2D eigenvalue weighted by Gasteiger charge is -2.40. The highest BCUT2D eigenvalue weighted by atomic mass is 16.7. The number of hydrogen-bond acceptors (Lipinski definition) is 8. The van der Waals surface area contributed by atoms with E-state index < -0.39 is 49.5 Å². The van der Waals surface area contributed by atoms with Gasteiger partial charge in [-0.05, 0) is 77.0 Å². The van der Waals surface area contributed by atoms with Crippen molar-refractivity contribution in [1.82, 2.24) is 5.32 Å². The zero-order valence-corrected chi connectivity index (χ0v) is 32.0. The molecule has 7 atom stereocenters. The molecule has 296 valence electrons. The number of aliphatic hydroxyl groups excluding tert-OH is 5. The van der Waals surface area contributed by atoms with Crippen molar-refractivity contribution in [1.29, 1.82) is 0 Å². The molecule has 0 spiro atoms. The molecule has 1 heterocycles. The highest BCUT2D eigenvalue weighted by molar-refractivity contribution is 5.76. The van der Waals surface area contributed by atoms with Crippen molar-refractivity contribution in [3.63, 3.8) is 0 Å². The Morgan fingerprint density at radius 2 is 1.15 bits per heavy atom. The summed E-state index contributed by atoms with van der Waals surface area (Å²) in [6.45, 7) is 3.46. The van der Waals surface area contributed by atoms with Crippen LogP contribution < -0.4 is 5.32 Å². The average molecular weight is 730 g/mol. The van der Waals surface area contributed by atoms with Crippen LogP contribution in [0.5, 0.6) is 0 Å². The second kappa shape index (κ2) is 33.0. The Bertz CT molecular complexity index is 1080. The average Bonchev–Trinajstić information content (AvgIpc) is 3.14. The predicted octanol–water partition coefficient (Wildman–Crippen LogP) is 7.21. The molecule has 7 unspecified atom stereocenters. The summed E-state index contributed by atoms with van der Waals surface area (Å²) < 4.78 is 11.1. The van der Waals surface area contributed by atoms with E-state index in [0.29, 0.717) is 6.42 Å². The van der Waals surface area contributed by atoms with E-state index in [1.807, 2.05) is 6.08 Å². The monoisotopic (exact) mass is 730 g/mol. The topological polar surface area (TPSA) is 149 Å². The van der Waals surface area contributed by atoms with Gasteiger partial charge in [0.15, 0.2) is 6.29 Å². The molecule has 1 fully saturated rings. The van der Waals surface area contributed by atoms with E-state index in [4.69, 9.17) is 9.47 Å². The summed E-state index contributed by atoms with van der Waals surface area (Å²) in [5, 5.41) is 53.8. The summed E-state index contributed by atoms with van der Waals surface area (Å²) in [6.07, 6.45) is 37.8. The third-order valence-electron chi connectivity index (χ3n) is 8.69. The number of amides is 1. The Hall–Kier alpha value is -2.63. The van der Waals surface area contributed by atoms with E-state index >= 15 is 0 Å². The third kappa shape index (κ3) is 23.8. The van der Waals surface area contributed by atoms with Crippen LogP contribution >= 0.6 is 0 Å². The van der Waals surface area contributed by atoms with E-state index in [1.54, 1.807) is 6.08 Å². The second-order valence-electron chi connectivity index (χ2n) is 13.3. The lowest BCUT2D eigenvalue weighted by Crippen LogP contribution is -2.60. The number of unbranched alkanes of at least 4 members (excludes halogenated alkanes) is 8. The van der Waals surface area contributed by atoms with Crippen LogP contribution in [0, 0.1) is 0 Å². The molecule has 1 saturated heterocycles. The fourth-order valence-corrected chi connectivity index (χ4v) is 5.54. The van der Waals surface area contributed by atoms with Crippen molar-refractivity contribution < 1.29 is 39.8 Å². The third-order valence-corrected chi connectivity index (χ3v) is 8.69. The normalized spacial score (nSPS) is 22.8. The van der Waals surface area contributed by atoms with Crippen molar-refractivity contribution >= 4 is 5.91 Å². The van der Waals surface area contributed by atoms with Crippen LogP contribution in [0.4, 0.5) is 0 Å². The van der Waals surface area contributed by atoms with Gasteiger partial charge < -0.3 is 40.3 Å². The molecule has 1 rings (SSSR count). The maximum absolute atomic E-state index is 12.9. The van der Waals surface area contributed by atoms with Crippen molar-refractivity contribution in [2.24, 2.45) is 0 Å². The summed E-state index contributed by atoms with van der Waals surface area (Å²) in [7, 11) is 0. The number of rotatable bonds is 30. The highest BCUT2D eigenvalue weighted by Gasteiger charge is 2.44. The molecule has 0 aliphatic carbocycles. The number of ether oxygens (including phenoxy) is 2. The first kappa shape index (κ1) is 47.4. The van der Waals surface area contributed by atoms with E-state index in [-0.39, 0.29) is 12.5 Å². The van der Waals surface area contributed by atoms with Crippen LogP contribution in [0.25, 0.3) is 0 Å². The van der Waals surface area contributed by atoms with Gasteiger partial charge in [-0.15, -0.1) is 0 Å². The fraction of sp³-hybridized carbons (Fsp3) is 0.651. The Labute approximate surface area is 314 Å². The predicted molar refractivity (Wildman–Crippen MR) is 211 cm³/mol. The molecule has 0 bridgehead atoms. The summed E-state index contributed by atoms with van der Waals surface area (Å²) in [5.74, 6) is -0.214. The lowest BCUT2D eigenvalue weighted by atomic mass is 9.99. The van der Waals surface area contributed by atoms with E-state index in [2.05, 4.69) is 92.1 Å². The second-order valence-corrected chi connectivity index (χ2v) is 13.3. The molecule has 0 radical (unpaired) electrons. The minimum absolute atomic E-state index is 0.214. The SMILES string of the molecule is CC/C=C\C/C=C\C/C=C\C/C=C\CCCCCCCCC(=O)NC(COC1OC(CO)C(O)C(O)C1O)C(O)/C=C/CC/C=C/CC/C=C/CC. The van der Waals surface area contributed by atoms with E-state index in [0.717, 1.165) is 103 Å². The number of carbonyl (C=O) groups excluding carboxylic acids is 1. The molecular weight excluding hydrogens is 658 g/mol.